The van der Waals surface area contributed by atoms with Gasteiger partial charge in [0.05, 0.1) is 0 Å². The molecular formula is C12H18Cl2N2O. The zero-order valence-corrected chi connectivity index (χ0v) is 11.5. The highest BCUT2D eigenvalue weighted by atomic mass is 35.5. The Morgan fingerprint density at radius 2 is 1.94 bits per heavy atom. The van der Waals surface area contributed by atoms with E-state index in [2.05, 4.69) is 16.9 Å². The van der Waals surface area contributed by atoms with Crippen LogP contribution in [-0.2, 0) is 0 Å². The monoisotopic (exact) mass is 276 g/mol. The van der Waals surface area contributed by atoms with Gasteiger partial charge in [0.15, 0.2) is 5.78 Å². The molecule has 0 aliphatic carbocycles. The second kappa shape index (κ2) is 7.64. The maximum atomic E-state index is 12.0. The minimum Gasteiger partial charge on any atom is -0.306 e. The van der Waals surface area contributed by atoms with Gasteiger partial charge in [0.1, 0.15) is 5.69 Å². The zero-order valence-electron chi connectivity index (χ0n) is 9.83. The minimum atomic E-state index is 0. The standard InChI is InChI=1S/C12H16N2O.2ClH/c1-14-8-5-10(6-9-14)12(15)11-4-2-3-7-13-11;;/h2-4,7,10H,5-6,8-9H2,1H3;2*1H. The van der Waals surface area contributed by atoms with Gasteiger partial charge < -0.3 is 4.90 Å². The van der Waals surface area contributed by atoms with Crippen molar-refractivity contribution in [2.75, 3.05) is 20.1 Å². The van der Waals surface area contributed by atoms with Gasteiger partial charge in [-0.1, -0.05) is 6.07 Å². The first-order valence-corrected chi connectivity index (χ1v) is 5.41. The third-order valence-corrected chi connectivity index (χ3v) is 3.01. The lowest BCUT2D eigenvalue weighted by molar-refractivity contribution is 0.0851. The molecule has 0 saturated carbocycles. The molecular weight excluding hydrogens is 259 g/mol. The number of aromatic nitrogens is 1. The number of hydrogen-bond acceptors (Lipinski definition) is 3. The van der Waals surface area contributed by atoms with Gasteiger partial charge >= 0.3 is 0 Å². The third kappa shape index (κ3) is 4.26. The summed E-state index contributed by atoms with van der Waals surface area (Å²) in [6.45, 7) is 2.03. The van der Waals surface area contributed by atoms with Gasteiger partial charge in [-0.05, 0) is 45.1 Å². The second-order valence-electron chi connectivity index (χ2n) is 4.16. The van der Waals surface area contributed by atoms with Crippen LogP contribution >= 0.6 is 24.8 Å². The van der Waals surface area contributed by atoms with Crippen molar-refractivity contribution in [2.45, 2.75) is 12.8 Å². The zero-order chi connectivity index (χ0) is 10.7. The number of Topliss-reactive ketones (excluding diaryl/α,β-unsaturated/α-hetero) is 1. The lowest BCUT2D eigenvalue weighted by atomic mass is 9.91. The van der Waals surface area contributed by atoms with Gasteiger partial charge in [0, 0.05) is 12.1 Å². The molecule has 1 saturated heterocycles. The number of likely N-dealkylation sites (tertiary alicyclic amines) is 1. The predicted molar refractivity (Wildman–Crippen MR) is 73.3 cm³/mol. The molecule has 0 bridgehead atoms. The maximum Gasteiger partial charge on any atom is 0.184 e. The van der Waals surface area contributed by atoms with E-state index in [1.165, 1.54) is 0 Å². The summed E-state index contributed by atoms with van der Waals surface area (Å²) in [7, 11) is 2.10. The number of halogens is 2. The highest BCUT2D eigenvalue weighted by Gasteiger charge is 2.24. The number of nitrogens with zero attached hydrogens (tertiary/aromatic N) is 2. The molecule has 3 nitrogen and oxygen atoms in total. The van der Waals surface area contributed by atoms with E-state index in [0.29, 0.717) is 5.69 Å². The maximum absolute atomic E-state index is 12.0. The predicted octanol–water partition coefficient (Wildman–Crippen LogP) is 2.45. The van der Waals surface area contributed by atoms with Gasteiger partial charge in [-0.2, -0.15) is 0 Å². The molecule has 0 amide bonds. The van der Waals surface area contributed by atoms with Crippen LogP contribution in [0.5, 0.6) is 0 Å². The lowest BCUT2D eigenvalue weighted by Crippen LogP contribution is -2.33. The second-order valence-corrected chi connectivity index (χ2v) is 4.16. The molecule has 96 valence electrons. The normalized spacial score (nSPS) is 16.8. The van der Waals surface area contributed by atoms with Crippen LogP contribution in [0.25, 0.3) is 0 Å². The molecule has 2 heterocycles. The fourth-order valence-corrected chi connectivity index (χ4v) is 1.99. The fourth-order valence-electron chi connectivity index (χ4n) is 1.99. The Morgan fingerprint density at radius 3 is 2.47 bits per heavy atom. The molecule has 0 aromatic carbocycles. The molecule has 1 aliphatic rings. The molecule has 17 heavy (non-hydrogen) atoms. The number of carbonyl (C=O) groups is 1. The Labute approximate surface area is 114 Å². The summed E-state index contributed by atoms with van der Waals surface area (Å²) in [6, 6.07) is 5.52. The SMILES string of the molecule is CN1CCC(C(=O)c2ccccn2)CC1.Cl.Cl. The molecule has 0 spiro atoms. The lowest BCUT2D eigenvalue weighted by Gasteiger charge is -2.27. The average Bonchev–Trinajstić information content (AvgIpc) is 2.30. The minimum absolute atomic E-state index is 0. The smallest absolute Gasteiger partial charge is 0.184 e. The van der Waals surface area contributed by atoms with Gasteiger partial charge in [0.25, 0.3) is 0 Å². The van der Waals surface area contributed by atoms with Gasteiger partial charge in [-0.3, -0.25) is 9.78 Å². The van der Waals surface area contributed by atoms with Crippen molar-refractivity contribution in [3.63, 3.8) is 0 Å². The van der Waals surface area contributed by atoms with Crippen LogP contribution in [0.3, 0.4) is 0 Å². The van der Waals surface area contributed by atoms with Crippen LogP contribution in [0.2, 0.25) is 0 Å². The molecule has 2 rings (SSSR count). The quantitative estimate of drug-likeness (QED) is 0.778. The third-order valence-electron chi connectivity index (χ3n) is 3.01. The van der Waals surface area contributed by atoms with E-state index >= 15 is 0 Å². The molecule has 1 aliphatic heterocycles. The van der Waals surface area contributed by atoms with E-state index in [-0.39, 0.29) is 36.5 Å². The Hall–Kier alpha value is -0.640. The number of carbonyl (C=O) groups excluding carboxylic acids is 1. The van der Waals surface area contributed by atoms with E-state index in [9.17, 15) is 4.79 Å². The van der Waals surface area contributed by atoms with E-state index in [4.69, 9.17) is 0 Å². The largest absolute Gasteiger partial charge is 0.306 e. The van der Waals surface area contributed by atoms with Crippen LogP contribution < -0.4 is 0 Å². The van der Waals surface area contributed by atoms with Crippen molar-refractivity contribution in [1.82, 2.24) is 9.88 Å². The summed E-state index contributed by atoms with van der Waals surface area (Å²) in [5.74, 6) is 0.389. The van der Waals surface area contributed by atoms with Crippen molar-refractivity contribution in [3.8, 4) is 0 Å². The van der Waals surface area contributed by atoms with Crippen LogP contribution in [-0.4, -0.2) is 35.8 Å². The summed E-state index contributed by atoms with van der Waals surface area (Å²) < 4.78 is 0. The fraction of sp³-hybridized carbons (Fsp3) is 0.500. The number of hydrogen-bond donors (Lipinski definition) is 0. The van der Waals surface area contributed by atoms with Crippen molar-refractivity contribution in [2.24, 2.45) is 5.92 Å². The number of rotatable bonds is 2. The van der Waals surface area contributed by atoms with Crippen LogP contribution in [0, 0.1) is 5.92 Å². The van der Waals surface area contributed by atoms with Crippen LogP contribution in [0.15, 0.2) is 24.4 Å². The summed E-state index contributed by atoms with van der Waals surface area (Å²) in [5, 5.41) is 0. The Balaban J connectivity index is 0.00000128. The molecule has 1 fully saturated rings. The van der Waals surface area contributed by atoms with Gasteiger partial charge in [-0.25, -0.2) is 0 Å². The molecule has 1 aromatic heterocycles. The van der Waals surface area contributed by atoms with Crippen molar-refractivity contribution < 1.29 is 4.79 Å². The molecule has 5 heteroatoms. The first-order chi connectivity index (χ1) is 7.27. The number of piperidine rings is 1. The summed E-state index contributed by atoms with van der Waals surface area (Å²) >= 11 is 0. The molecule has 0 radical (unpaired) electrons. The van der Waals surface area contributed by atoms with E-state index in [1.807, 2.05) is 12.1 Å². The number of pyridine rings is 1. The molecule has 1 aromatic rings. The summed E-state index contributed by atoms with van der Waals surface area (Å²) in [4.78, 5) is 18.4. The Kier molecular flexibility index (Phi) is 7.35. The van der Waals surface area contributed by atoms with E-state index < -0.39 is 0 Å². The van der Waals surface area contributed by atoms with E-state index in [0.717, 1.165) is 25.9 Å². The van der Waals surface area contributed by atoms with Gasteiger partial charge in [-0.15, -0.1) is 24.8 Å². The van der Waals surface area contributed by atoms with Crippen LogP contribution in [0.4, 0.5) is 0 Å². The van der Waals surface area contributed by atoms with Gasteiger partial charge in [0.2, 0.25) is 0 Å². The summed E-state index contributed by atoms with van der Waals surface area (Å²) in [6.07, 6.45) is 3.61. The summed E-state index contributed by atoms with van der Waals surface area (Å²) in [5.41, 5.74) is 0.618. The average molecular weight is 277 g/mol. The van der Waals surface area contributed by atoms with E-state index in [1.54, 1.807) is 12.3 Å². The Morgan fingerprint density at radius 1 is 1.29 bits per heavy atom. The first-order valence-electron chi connectivity index (χ1n) is 5.41. The van der Waals surface area contributed by atoms with Crippen molar-refractivity contribution in [3.05, 3.63) is 30.1 Å². The van der Waals surface area contributed by atoms with Crippen molar-refractivity contribution in [1.29, 1.82) is 0 Å². The first kappa shape index (κ1) is 16.4. The molecule has 0 unspecified atom stereocenters. The highest BCUT2D eigenvalue weighted by molar-refractivity contribution is 5.96. The van der Waals surface area contributed by atoms with Crippen molar-refractivity contribution >= 4 is 30.6 Å². The Bertz CT molecular complexity index is 338. The highest BCUT2D eigenvalue weighted by Crippen LogP contribution is 2.19. The molecule has 0 atom stereocenters. The van der Waals surface area contributed by atoms with Crippen LogP contribution in [0.1, 0.15) is 23.3 Å². The number of ketones is 1. The molecule has 0 N–H and O–H groups in total. The topological polar surface area (TPSA) is 33.2 Å².